The summed E-state index contributed by atoms with van der Waals surface area (Å²) in [4.78, 5) is 20.2. The largest absolute Gasteiger partial charge is 0.364 e. The Labute approximate surface area is 162 Å². The number of hydrogen-bond donors (Lipinski definition) is 0. The molecule has 3 saturated heterocycles. The summed E-state index contributed by atoms with van der Waals surface area (Å²) in [5.74, 6) is 0.329. The van der Waals surface area contributed by atoms with Gasteiger partial charge in [-0.05, 0) is 84.3 Å². The summed E-state index contributed by atoms with van der Waals surface area (Å²) < 4.78 is 13.8. The lowest BCUT2D eigenvalue weighted by molar-refractivity contribution is -0.140. The molecule has 4 nitrogen and oxygen atoms in total. The van der Waals surface area contributed by atoms with Crippen molar-refractivity contribution in [3.05, 3.63) is 30.1 Å². The van der Waals surface area contributed by atoms with Crippen molar-refractivity contribution in [2.45, 2.75) is 57.0 Å². The van der Waals surface area contributed by atoms with E-state index in [0.717, 1.165) is 64.0 Å². The monoisotopic (exact) mass is 373 g/mol. The smallest absolute Gasteiger partial charge is 0.226 e. The summed E-state index contributed by atoms with van der Waals surface area (Å²) >= 11 is 0. The lowest BCUT2D eigenvalue weighted by atomic mass is 9.86. The van der Waals surface area contributed by atoms with Crippen molar-refractivity contribution in [2.75, 3.05) is 38.1 Å². The molecule has 0 aromatic heterocycles. The van der Waals surface area contributed by atoms with Gasteiger partial charge in [0.15, 0.2) is 0 Å². The maximum atomic E-state index is 13.8. The summed E-state index contributed by atoms with van der Waals surface area (Å²) in [5.41, 5.74) is 0.732. The molecule has 5 heteroatoms. The SMILES string of the molecule is CN1CCC(C(=O)N2CCCC23CN(c2cccc(F)c2)C(C)(C)C3)CC1. The molecule has 0 radical (unpaired) electrons. The molecule has 1 amide bonds. The van der Waals surface area contributed by atoms with Gasteiger partial charge in [-0.25, -0.2) is 4.39 Å². The molecule has 3 heterocycles. The third kappa shape index (κ3) is 3.35. The second-order valence-electron chi connectivity index (χ2n) is 9.45. The number of amides is 1. The predicted molar refractivity (Wildman–Crippen MR) is 106 cm³/mol. The minimum absolute atomic E-state index is 0.0938. The molecular formula is C22H32FN3O. The molecule has 3 fully saturated rings. The van der Waals surface area contributed by atoms with Crippen molar-refractivity contribution >= 4 is 11.6 Å². The van der Waals surface area contributed by atoms with E-state index in [2.05, 4.69) is 35.6 Å². The highest BCUT2D eigenvalue weighted by Gasteiger charge is 2.55. The fourth-order valence-corrected chi connectivity index (χ4v) is 5.66. The van der Waals surface area contributed by atoms with E-state index in [9.17, 15) is 9.18 Å². The topological polar surface area (TPSA) is 26.8 Å². The van der Waals surface area contributed by atoms with Gasteiger partial charge >= 0.3 is 0 Å². The van der Waals surface area contributed by atoms with E-state index in [1.165, 1.54) is 6.07 Å². The van der Waals surface area contributed by atoms with Crippen molar-refractivity contribution in [3.63, 3.8) is 0 Å². The van der Waals surface area contributed by atoms with Gasteiger partial charge in [-0.1, -0.05) is 6.07 Å². The molecule has 1 atom stereocenters. The first-order chi connectivity index (χ1) is 12.8. The Hall–Kier alpha value is -1.62. The molecule has 1 aromatic rings. The molecule has 0 N–H and O–H groups in total. The van der Waals surface area contributed by atoms with E-state index < -0.39 is 0 Å². The molecular weight excluding hydrogens is 341 g/mol. The second-order valence-corrected chi connectivity index (χ2v) is 9.45. The molecule has 148 valence electrons. The Morgan fingerprint density at radius 1 is 1.19 bits per heavy atom. The van der Waals surface area contributed by atoms with Crippen LogP contribution < -0.4 is 4.90 Å². The van der Waals surface area contributed by atoms with Gasteiger partial charge in [-0.15, -0.1) is 0 Å². The predicted octanol–water partition coefficient (Wildman–Crippen LogP) is 3.52. The molecule has 0 saturated carbocycles. The van der Waals surface area contributed by atoms with Crippen LogP contribution in [-0.2, 0) is 4.79 Å². The van der Waals surface area contributed by atoms with Gasteiger partial charge in [-0.3, -0.25) is 4.79 Å². The van der Waals surface area contributed by atoms with Gasteiger partial charge in [0.25, 0.3) is 0 Å². The molecule has 0 aliphatic carbocycles. The van der Waals surface area contributed by atoms with Gasteiger partial charge in [0.05, 0.1) is 5.54 Å². The maximum Gasteiger partial charge on any atom is 0.226 e. The summed E-state index contributed by atoms with van der Waals surface area (Å²) in [6, 6.07) is 6.89. The van der Waals surface area contributed by atoms with E-state index in [0.29, 0.717) is 5.91 Å². The lowest BCUT2D eigenvalue weighted by Crippen LogP contribution is -2.52. The summed E-state index contributed by atoms with van der Waals surface area (Å²) in [6.07, 6.45) is 5.03. The average Bonchev–Trinajstić information content (AvgIpc) is 3.14. The van der Waals surface area contributed by atoms with Gasteiger partial charge in [0.2, 0.25) is 5.91 Å². The van der Waals surface area contributed by atoms with Gasteiger partial charge in [0.1, 0.15) is 5.82 Å². The minimum Gasteiger partial charge on any atom is -0.364 e. The summed E-state index contributed by atoms with van der Waals surface area (Å²) in [6.45, 7) is 8.16. The number of nitrogens with zero attached hydrogens (tertiary/aromatic N) is 3. The van der Waals surface area contributed by atoms with Crippen LogP contribution in [0.5, 0.6) is 0 Å². The maximum absolute atomic E-state index is 13.8. The highest BCUT2D eigenvalue weighted by molar-refractivity contribution is 5.80. The number of carbonyl (C=O) groups is 1. The first-order valence-corrected chi connectivity index (χ1v) is 10.3. The van der Waals surface area contributed by atoms with Crippen molar-refractivity contribution in [1.82, 2.24) is 9.80 Å². The zero-order chi connectivity index (χ0) is 19.2. The average molecular weight is 374 g/mol. The number of halogens is 1. The van der Waals surface area contributed by atoms with Crippen LogP contribution >= 0.6 is 0 Å². The third-order valence-electron chi connectivity index (χ3n) is 6.99. The van der Waals surface area contributed by atoms with E-state index in [-0.39, 0.29) is 22.8 Å². The molecule has 3 aliphatic rings. The molecule has 1 spiro atoms. The van der Waals surface area contributed by atoms with Crippen LogP contribution in [0.15, 0.2) is 24.3 Å². The fraction of sp³-hybridized carbons (Fsp3) is 0.682. The van der Waals surface area contributed by atoms with Crippen LogP contribution in [0.1, 0.15) is 46.0 Å². The Morgan fingerprint density at radius 3 is 2.63 bits per heavy atom. The number of rotatable bonds is 2. The van der Waals surface area contributed by atoms with Crippen LogP contribution in [-0.4, -0.2) is 60.0 Å². The highest BCUT2D eigenvalue weighted by Crippen LogP contribution is 2.47. The quantitative estimate of drug-likeness (QED) is 0.794. The normalized spacial score (nSPS) is 29.0. The van der Waals surface area contributed by atoms with Crippen molar-refractivity contribution in [1.29, 1.82) is 0 Å². The Bertz CT molecular complexity index is 713. The number of hydrogen-bond acceptors (Lipinski definition) is 3. The minimum atomic E-state index is -0.199. The Kier molecular flexibility index (Phi) is 4.69. The van der Waals surface area contributed by atoms with Crippen LogP contribution in [0, 0.1) is 11.7 Å². The van der Waals surface area contributed by atoms with Gasteiger partial charge < -0.3 is 14.7 Å². The molecule has 3 aliphatic heterocycles. The van der Waals surface area contributed by atoms with Gasteiger partial charge in [0, 0.05) is 30.2 Å². The lowest BCUT2D eigenvalue weighted by Gasteiger charge is -2.39. The van der Waals surface area contributed by atoms with E-state index in [1.807, 2.05) is 6.07 Å². The number of benzene rings is 1. The van der Waals surface area contributed by atoms with E-state index in [4.69, 9.17) is 0 Å². The molecule has 4 rings (SSSR count). The molecule has 1 unspecified atom stereocenters. The molecule has 27 heavy (non-hydrogen) atoms. The van der Waals surface area contributed by atoms with Crippen molar-refractivity contribution < 1.29 is 9.18 Å². The zero-order valence-corrected chi connectivity index (χ0v) is 16.9. The molecule has 0 bridgehead atoms. The number of anilines is 1. The van der Waals surface area contributed by atoms with Crippen molar-refractivity contribution in [2.24, 2.45) is 5.92 Å². The number of likely N-dealkylation sites (tertiary alicyclic amines) is 2. The number of carbonyl (C=O) groups excluding carboxylic acids is 1. The second kappa shape index (κ2) is 6.77. The van der Waals surface area contributed by atoms with E-state index in [1.54, 1.807) is 12.1 Å². The van der Waals surface area contributed by atoms with Gasteiger partial charge in [-0.2, -0.15) is 0 Å². The first kappa shape index (κ1) is 18.7. The fourth-order valence-electron chi connectivity index (χ4n) is 5.66. The zero-order valence-electron chi connectivity index (χ0n) is 16.9. The summed E-state index contributed by atoms with van der Waals surface area (Å²) in [7, 11) is 2.13. The summed E-state index contributed by atoms with van der Waals surface area (Å²) in [5, 5.41) is 0. The number of piperidine rings is 1. The standard InChI is InChI=1S/C22H32FN3O/c1-21(2)15-22(16-26(21)19-7-4-6-18(23)14-19)10-5-11-25(22)20(27)17-8-12-24(3)13-9-17/h4,6-7,14,17H,5,8-13,15-16H2,1-3H3. The highest BCUT2D eigenvalue weighted by atomic mass is 19.1. The van der Waals surface area contributed by atoms with Crippen LogP contribution in [0.4, 0.5) is 10.1 Å². The molecule has 1 aromatic carbocycles. The van der Waals surface area contributed by atoms with Crippen LogP contribution in [0.2, 0.25) is 0 Å². The Balaban J connectivity index is 1.57. The van der Waals surface area contributed by atoms with E-state index >= 15 is 0 Å². The third-order valence-corrected chi connectivity index (χ3v) is 6.99. The van der Waals surface area contributed by atoms with Crippen LogP contribution in [0.3, 0.4) is 0 Å². The first-order valence-electron chi connectivity index (χ1n) is 10.3. The van der Waals surface area contributed by atoms with Crippen LogP contribution in [0.25, 0.3) is 0 Å². The van der Waals surface area contributed by atoms with Crippen molar-refractivity contribution in [3.8, 4) is 0 Å². The Morgan fingerprint density at radius 2 is 1.93 bits per heavy atom.